The van der Waals surface area contributed by atoms with Gasteiger partial charge >= 0.3 is 6.18 Å². The van der Waals surface area contributed by atoms with Crippen molar-refractivity contribution in [3.8, 4) is 0 Å². The van der Waals surface area contributed by atoms with E-state index in [4.69, 9.17) is 11.6 Å². The van der Waals surface area contributed by atoms with Crippen LogP contribution in [0.2, 0.25) is 5.02 Å². The lowest BCUT2D eigenvalue weighted by molar-refractivity contribution is -0.137. The van der Waals surface area contributed by atoms with Crippen LogP contribution in [0.15, 0.2) is 65.6 Å². The first-order valence-corrected chi connectivity index (χ1v) is 15.5. The molecule has 1 saturated heterocycles. The van der Waals surface area contributed by atoms with Gasteiger partial charge in [0.25, 0.3) is 0 Å². The number of aryl methyl sites for hydroxylation is 1. The lowest BCUT2D eigenvalue weighted by Crippen LogP contribution is -2.31. The number of alkyl halides is 3. The van der Waals surface area contributed by atoms with Crippen LogP contribution in [0, 0.1) is 6.92 Å². The van der Waals surface area contributed by atoms with E-state index in [1.807, 2.05) is 4.72 Å². The van der Waals surface area contributed by atoms with Gasteiger partial charge in [-0.05, 0) is 60.4 Å². The molecule has 216 valence electrons. The first-order chi connectivity index (χ1) is 19.1. The third-order valence-electron chi connectivity index (χ3n) is 6.70. The first-order valence-electron chi connectivity index (χ1n) is 12.1. The Balaban J connectivity index is 1.50. The number of carbonyl (C=O) groups is 1. The maximum atomic E-state index is 13.3. The number of benzene rings is 3. The Morgan fingerprint density at radius 1 is 1.10 bits per heavy atom. The molecule has 1 unspecified atom stereocenters. The lowest BCUT2D eigenvalue weighted by Gasteiger charge is -2.18. The molecule has 0 radical (unpaired) electrons. The van der Waals surface area contributed by atoms with E-state index >= 15 is 0 Å². The number of halogens is 4. The van der Waals surface area contributed by atoms with Gasteiger partial charge in [0.15, 0.2) is 0 Å². The van der Waals surface area contributed by atoms with Crippen LogP contribution in [0.1, 0.15) is 45.8 Å². The first kappa shape index (κ1) is 29.0. The molecule has 1 amide bonds. The number of hydrogen-bond donors (Lipinski definition) is 3. The fourth-order valence-corrected chi connectivity index (χ4v) is 7.41. The van der Waals surface area contributed by atoms with Crippen LogP contribution in [0.4, 0.5) is 13.2 Å². The lowest BCUT2D eigenvalue weighted by atomic mass is 10.0. The van der Waals surface area contributed by atoms with Crippen molar-refractivity contribution in [1.29, 1.82) is 0 Å². The summed E-state index contributed by atoms with van der Waals surface area (Å²) in [5, 5.41) is -0.818. The van der Waals surface area contributed by atoms with Crippen LogP contribution >= 0.6 is 11.6 Å². The van der Waals surface area contributed by atoms with Gasteiger partial charge in [-0.2, -0.15) is 13.2 Å². The quantitative estimate of drug-likeness (QED) is 0.272. The number of nitrogens with zero attached hydrogens (tertiary/aromatic N) is 1. The second-order valence-corrected chi connectivity index (χ2v) is 13.6. The average molecular weight is 627 g/mol. The molecular formula is C26H22ClF3N4O5S2. The normalized spacial score (nSPS) is 18.0. The number of rotatable bonds is 7. The smallest absolute Gasteiger partial charge is 0.341 e. The van der Waals surface area contributed by atoms with E-state index in [2.05, 4.69) is 14.7 Å². The zero-order valence-corrected chi connectivity index (χ0v) is 23.5. The van der Waals surface area contributed by atoms with E-state index in [-0.39, 0.29) is 39.6 Å². The number of H-pyrrole nitrogens is 1. The van der Waals surface area contributed by atoms with Crippen molar-refractivity contribution >= 4 is 48.6 Å². The summed E-state index contributed by atoms with van der Waals surface area (Å²) < 4.78 is 95.4. The predicted molar refractivity (Wildman–Crippen MR) is 145 cm³/mol. The monoisotopic (exact) mass is 626 g/mol. The summed E-state index contributed by atoms with van der Waals surface area (Å²) in [5.41, 5.74) is 0.987. The second kappa shape index (κ2) is 10.4. The maximum absolute atomic E-state index is 13.3. The van der Waals surface area contributed by atoms with Gasteiger partial charge in [0.2, 0.25) is 26.0 Å². The van der Waals surface area contributed by atoms with Gasteiger partial charge in [-0.15, -0.1) is 0 Å². The minimum atomic E-state index is -4.58. The molecular weight excluding hydrogens is 605 g/mol. The molecule has 0 aliphatic carbocycles. The molecule has 2 heterocycles. The second-order valence-electron chi connectivity index (χ2n) is 9.65. The van der Waals surface area contributed by atoms with Crippen molar-refractivity contribution in [1.82, 2.24) is 19.4 Å². The highest BCUT2D eigenvalue weighted by Crippen LogP contribution is 2.33. The van der Waals surface area contributed by atoms with Gasteiger partial charge in [0.05, 0.1) is 34.0 Å². The van der Waals surface area contributed by atoms with Crippen LogP contribution in [0.5, 0.6) is 0 Å². The van der Waals surface area contributed by atoms with Crippen molar-refractivity contribution in [2.75, 3.05) is 0 Å². The predicted octanol–water partition coefficient (Wildman–Crippen LogP) is 4.70. The molecule has 3 N–H and O–H groups in total. The van der Waals surface area contributed by atoms with Gasteiger partial charge < -0.3 is 4.98 Å². The number of fused-ring (bicyclic) bond motifs is 1. The molecule has 2 atom stereocenters. The van der Waals surface area contributed by atoms with Crippen LogP contribution in [0.3, 0.4) is 0 Å². The molecule has 0 spiro atoms. The van der Waals surface area contributed by atoms with E-state index in [1.165, 1.54) is 30.3 Å². The number of hydrogen-bond acceptors (Lipinski definition) is 6. The Morgan fingerprint density at radius 2 is 1.80 bits per heavy atom. The molecule has 1 aliphatic rings. The molecule has 9 nitrogen and oxygen atoms in total. The van der Waals surface area contributed by atoms with Gasteiger partial charge in [0, 0.05) is 5.02 Å². The molecule has 0 bridgehead atoms. The minimum absolute atomic E-state index is 0.000347. The van der Waals surface area contributed by atoms with Crippen molar-refractivity contribution in [2.24, 2.45) is 0 Å². The molecule has 15 heteroatoms. The molecule has 1 fully saturated rings. The topological polar surface area (TPSA) is 138 Å². The number of aromatic nitrogens is 2. The highest BCUT2D eigenvalue weighted by Gasteiger charge is 2.38. The molecule has 1 aromatic heterocycles. The fraction of sp³-hybridized carbons (Fsp3) is 0.231. The molecule has 3 aromatic carbocycles. The highest BCUT2D eigenvalue weighted by molar-refractivity contribution is 7.90. The van der Waals surface area contributed by atoms with Crippen molar-refractivity contribution in [3.63, 3.8) is 0 Å². The molecule has 5 rings (SSSR count). The molecule has 41 heavy (non-hydrogen) atoms. The summed E-state index contributed by atoms with van der Waals surface area (Å²) >= 11 is 6.14. The summed E-state index contributed by atoms with van der Waals surface area (Å²) in [4.78, 5) is 18.7. The fourth-order valence-electron chi connectivity index (χ4n) is 4.51. The number of sulfonamides is 2. The van der Waals surface area contributed by atoms with Gasteiger partial charge in [-0.1, -0.05) is 41.9 Å². The minimum Gasteiger partial charge on any atom is -0.341 e. The van der Waals surface area contributed by atoms with Crippen LogP contribution in [-0.2, 0) is 37.4 Å². The van der Waals surface area contributed by atoms with Crippen molar-refractivity contribution in [3.05, 3.63) is 93.8 Å². The number of aromatic amines is 1. The Bertz CT molecular complexity index is 1880. The SMILES string of the molecule is Cc1ccc(S(=O)(=O)N[C@@H](Cc2ccc(C3CC(=O)NS3(=O)=O)cc2)c2nc3ccc(C(F)(F)F)cc3[nH]2)cc1Cl. The molecule has 0 saturated carbocycles. The van der Waals surface area contributed by atoms with E-state index in [0.29, 0.717) is 16.7 Å². The van der Waals surface area contributed by atoms with Crippen molar-refractivity contribution in [2.45, 2.75) is 42.1 Å². The third-order valence-corrected chi connectivity index (χ3v) is 10.3. The summed E-state index contributed by atoms with van der Waals surface area (Å²) in [6, 6.07) is 12.3. The largest absolute Gasteiger partial charge is 0.416 e. The van der Waals surface area contributed by atoms with E-state index in [0.717, 1.165) is 12.1 Å². The summed E-state index contributed by atoms with van der Waals surface area (Å²) in [7, 11) is -8.03. The van der Waals surface area contributed by atoms with Crippen LogP contribution in [0.25, 0.3) is 11.0 Å². The molecule has 4 aromatic rings. The van der Waals surface area contributed by atoms with Gasteiger partial charge in [-0.3, -0.25) is 9.52 Å². The van der Waals surface area contributed by atoms with Gasteiger partial charge in [0.1, 0.15) is 11.1 Å². The van der Waals surface area contributed by atoms with E-state index < -0.39 is 49.0 Å². The Kier molecular flexibility index (Phi) is 7.39. The zero-order chi connectivity index (χ0) is 29.7. The zero-order valence-electron chi connectivity index (χ0n) is 21.2. The number of amides is 1. The van der Waals surface area contributed by atoms with Crippen LogP contribution < -0.4 is 9.44 Å². The van der Waals surface area contributed by atoms with E-state index in [9.17, 15) is 34.8 Å². The van der Waals surface area contributed by atoms with Gasteiger partial charge in [-0.25, -0.2) is 26.5 Å². The molecule has 1 aliphatic heterocycles. The number of imidazole rings is 1. The van der Waals surface area contributed by atoms with Crippen molar-refractivity contribution < 1.29 is 34.8 Å². The Hall–Kier alpha value is -3.46. The average Bonchev–Trinajstić information content (AvgIpc) is 3.43. The summed E-state index contributed by atoms with van der Waals surface area (Å²) in [5.74, 6) is -0.540. The summed E-state index contributed by atoms with van der Waals surface area (Å²) in [6.45, 7) is 1.71. The number of carbonyl (C=O) groups excluding carboxylic acids is 1. The van der Waals surface area contributed by atoms with Crippen LogP contribution in [-0.4, -0.2) is 32.7 Å². The number of nitrogens with one attached hydrogen (secondary N) is 3. The van der Waals surface area contributed by atoms with E-state index in [1.54, 1.807) is 25.1 Å². The maximum Gasteiger partial charge on any atom is 0.416 e. The Morgan fingerprint density at radius 3 is 2.41 bits per heavy atom. The standard InChI is InChI=1S/C26H22ClF3N4O5S2/c1-14-2-8-18(12-19(14)27)40(36,37)33-22(25-31-20-9-7-17(26(28,29)30)11-21(20)32-25)10-15-3-5-16(6-4-15)23-13-24(35)34-41(23,38)39/h2-9,11-12,22-23,33H,10,13H2,1H3,(H,31,32)(H,34,35)/t22-,23?/m0/s1. The third kappa shape index (κ3) is 6.10. The highest BCUT2D eigenvalue weighted by atomic mass is 35.5. The summed E-state index contributed by atoms with van der Waals surface area (Å²) in [6.07, 6.45) is -4.80. The Labute approximate surface area is 238 Å².